The topological polar surface area (TPSA) is 156 Å². The fraction of sp³-hybridized carbons (Fsp3) is 0.423. The average Bonchev–Trinajstić information content (AvgIpc) is 2.80. The van der Waals surface area contributed by atoms with Crippen molar-refractivity contribution in [2.24, 2.45) is 5.73 Å². The van der Waals surface area contributed by atoms with Gasteiger partial charge in [-0.15, -0.1) is 0 Å². The summed E-state index contributed by atoms with van der Waals surface area (Å²) in [6.45, 7) is 2.91. The van der Waals surface area contributed by atoms with Crippen molar-refractivity contribution in [3.05, 3.63) is 63.7 Å². The van der Waals surface area contributed by atoms with E-state index in [9.17, 15) is 29.7 Å². The van der Waals surface area contributed by atoms with Crippen LogP contribution in [0.4, 0.5) is 0 Å². The zero-order valence-corrected chi connectivity index (χ0v) is 19.4. The average molecular weight is 482 g/mol. The molecule has 5 N–H and O–H groups in total. The highest BCUT2D eigenvalue weighted by Crippen LogP contribution is 2.48. The minimum Gasteiger partial charge on any atom is -0.507 e. The molecule has 1 saturated heterocycles. The van der Waals surface area contributed by atoms with Gasteiger partial charge in [0.05, 0.1) is 23.9 Å². The minimum atomic E-state index is -1.81. The summed E-state index contributed by atoms with van der Waals surface area (Å²) in [7, 11) is 0. The maximum absolute atomic E-state index is 13.3. The molecule has 0 amide bonds. The third-order valence-corrected chi connectivity index (χ3v) is 7.36. The number of nitrogens with two attached hydrogens (primary N) is 1. The Morgan fingerprint density at radius 1 is 1.17 bits per heavy atom. The maximum Gasteiger partial charge on any atom is 0.198 e. The predicted molar refractivity (Wildman–Crippen MR) is 122 cm³/mol. The van der Waals surface area contributed by atoms with E-state index < -0.39 is 59.3 Å². The van der Waals surface area contributed by atoms with Gasteiger partial charge in [-0.25, -0.2) is 0 Å². The monoisotopic (exact) mass is 481 g/mol. The number of phenolic OH excluding ortho intramolecular Hbond substituents is 1. The van der Waals surface area contributed by atoms with Gasteiger partial charge in [0.2, 0.25) is 0 Å². The largest absolute Gasteiger partial charge is 0.507 e. The maximum atomic E-state index is 13.3. The van der Waals surface area contributed by atoms with Crippen LogP contribution < -0.4 is 5.73 Å². The molecule has 1 fully saturated rings. The number of phenols is 1. The van der Waals surface area contributed by atoms with Crippen LogP contribution in [-0.2, 0) is 20.7 Å². The summed E-state index contributed by atoms with van der Waals surface area (Å²) in [4.78, 5) is 38.9. The van der Waals surface area contributed by atoms with Crippen LogP contribution in [0, 0.1) is 0 Å². The van der Waals surface area contributed by atoms with E-state index in [1.54, 1.807) is 25.1 Å². The zero-order chi connectivity index (χ0) is 25.2. The standard InChI is InChI=1S/C26H27NO8/c1-11-22(29)17(27)8-19(34-11)35-18-10-26(33,12(2)28)9-13-7-16-21(25(32)20(13)18)24(31)15-6-4-3-5-14(15)23(16)30/h3-7,11,17-19,22,29,32-33H,8-10,27H2,1-2H3/t11?,17?,18-,19?,22?,26-/m0/s1. The molecule has 6 atom stereocenters. The van der Waals surface area contributed by atoms with Crippen molar-refractivity contribution in [1.29, 1.82) is 0 Å². The van der Waals surface area contributed by atoms with Crippen molar-refractivity contribution >= 4 is 17.3 Å². The molecule has 4 unspecified atom stereocenters. The number of ketones is 3. The van der Waals surface area contributed by atoms with E-state index >= 15 is 0 Å². The number of aliphatic hydroxyl groups is 2. The number of carbonyl (C=O) groups excluding carboxylic acids is 3. The summed E-state index contributed by atoms with van der Waals surface area (Å²) in [6, 6.07) is 7.21. The molecular formula is C26H27NO8. The molecule has 0 aromatic heterocycles. The number of aromatic hydroxyl groups is 1. The molecule has 35 heavy (non-hydrogen) atoms. The first-order valence-electron chi connectivity index (χ1n) is 11.6. The summed E-state index contributed by atoms with van der Waals surface area (Å²) in [5.74, 6) is -1.82. The van der Waals surface area contributed by atoms with E-state index in [-0.39, 0.29) is 47.1 Å². The molecule has 2 aliphatic carbocycles. The van der Waals surface area contributed by atoms with E-state index in [1.807, 2.05) is 0 Å². The van der Waals surface area contributed by atoms with Crippen LogP contribution in [0.1, 0.15) is 75.8 Å². The number of hydrogen-bond donors (Lipinski definition) is 4. The molecular weight excluding hydrogens is 454 g/mol. The van der Waals surface area contributed by atoms with Crippen LogP contribution in [0.2, 0.25) is 0 Å². The van der Waals surface area contributed by atoms with E-state index in [0.717, 1.165) is 0 Å². The Kier molecular flexibility index (Phi) is 5.65. The van der Waals surface area contributed by atoms with Crippen LogP contribution >= 0.6 is 0 Å². The van der Waals surface area contributed by atoms with Gasteiger partial charge < -0.3 is 30.5 Å². The molecule has 1 aliphatic heterocycles. The first-order chi connectivity index (χ1) is 16.5. The lowest BCUT2D eigenvalue weighted by molar-refractivity contribution is -0.247. The number of hydrogen-bond acceptors (Lipinski definition) is 9. The number of benzene rings is 2. The van der Waals surface area contributed by atoms with Gasteiger partial charge in [0.1, 0.15) is 11.4 Å². The zero-order valence-electron chi connectivity index (χ0n) is 19.4. The molecule has 0 radical (unpaired) electrons. The Balaban J connectivity index is 1.62. The Morgan fingerprint density at radius 3 is 2.46 bits per heavy atom. The number of rotatable bonds is 3. The molecule has 0 saturated carbocycles. The lowest BCUT2D eigenvalue weighted by Crippen LogP contribution is -2.52. The Labute approximate surface area is 201 Å². The van der Waals surface area contributed by atoms with Crippen LogP contribution in [-0.4, -0.2) is 62.8 Å². The van der Waals surface area contributed by atoms with Crippen LogP contribution in [0.5, 0.6) is 5.75 Å². The highest BCUT2D eigenvalue weighted by molar-refractivity contribution is 6.29. The van der Waals surface area contributed by atoms with Crippen molar-refractivity contribution in [2.45, 2.75) is 69.4 Å². The van der Waals surface area contributed by atoms with E-state index in [2.05, 4.69) is 0 Å². The number of aliphatic hydroxyl groups excluding tert-OH is 1. The summed E-state index contributed by atoms with van der Waals surface area (Å²) in [5, 5.41) is 32.6. The van der Waals surface area contributed by atoms with Crippen molar-refractivity contribution in [3.8, 4) is 5.75 Å². The first-order valence-corrected chi connectivity index (χ1v) is 11.6. The summed E-state index contributed by atoms with van der Waals surface area (Å²) in [5.41, 5.74) is 5.09. The van der Waals surface area contributed by atoms with Crippen molar-refractivity contribution in [3.63, 3.8) is 0 Å². The molecule has 9 heteroatoms. The molecule has 0 spiro atoms. The smallest absolute Gasteiger partial charge is 0.198 e. The number of carbonyl (C=O) groups is 3. The summed E-state index contributed by atoms with van der Waals surface area (Å²) < 4.78 is 11.8. The minimum absolute atomic E-state index is 0.0178. The van der Waals surface area contributed by atoms with Gasteiger partial charge in [0.25, 0.3) is 0 Å². The van der Waals surface area contributed by atoms with E-state index in [1.165, 1.54) is 19.1 Å². The third kappa shape index (κ3) is 3.71. The second-order valence-electron chi connectivity index (χ2n) is 9.68. The lowest BCUT2D eigenvalue weighted by Gasteiger charge is -2.41. The van der Waals surface area contributed by atoms with E-state index in [4.69, 9.17) is 15.2 Å². The molecule has 184 valence electrons. The SMILES string of the molecule is CC(=O)[C@]1(O)Cc2cc3c(c(O)c2[C@@H](OC2CC(N)C(O)C(C)O2)C1)C(=O)c1ccccc1C3=O. The fourth-order valence-corrected chi connectivity index (χ4v) is 5.35. The molecule has 9 nitrogen and oxygen atoms in total. The Hall–Kier alpha value is -2.95. The Bertz CT molecular complexity index is 1240. The highest BCUT2D eigenvalue weighted by atomic mass is 16.7. The first kappa shape index (κ1) is 23.8. The van der Waals surface area contributed by atoms with Crippen LogP contribution in [0.25, 0.3) is 0 Å². The molecule has 2 aromatic carbocycles. The number of ether oxygens (including phenoxy) is 2. The second kappa shape index (κ2) is 8.32. The van der Waals surface area contributed by atoms with Gasteiger partial charge in [0.15, 0.2) is 23.6 Å². The van der Waals surface area contributed by atoms with E-state index in [0.29, 0.717) is 5.56 Å². The normalized spacial score (nSPS) is 32.0. The molecule has 3 aliphatic rings. The van der Waals surface area contributed by atoms with Crippen molar-refractivity contribution in [1.82, 2.24) is 0 Å². The van der Waals surface area contributed by atoms with Crippen LogP contribution in [0.3, 0.4) is 0 Å². The van der Waals surface area contributed by atoms with Crippen LogP contribution in [0.15, 0.2) is 30.3 Å². The van der Waals surface area contributed by atoms with Crippen molar-refractivity contribution in [2.75, 3.05) is 0 Å². The predicted octanol–water partition coefficient (Wildman–Crippen LogP) is 1.31. The lowest BCUT2D eigenvalue weighted by atomic mass is 9.72. The second-order valence-corrected chi connectivity index (χ2v) is 9.68. The molecule has 5 rings (SSSR count). The Morgan fingerprint density at radius 2 is 1.83 bits per heavy atom. The highest BCUT2D eigenvalue weighted by Gasteiger charge is 2.47. The number of fused-ring (bicyclic) bond motifs is 3. The van der Waals surface area contributed by atoms with Gasteiger partial charge in [-0.2, -0.15) is 0 Å². The third-order valence-electron chi connectivity index (χ3n) is 7.36. The van der Waals surface area contributed by atoms with Gasteiger partial charge >= 0.3 is 0 Å². The van der Waals surface area contributed by atoms with Gasteiger partial charge in [0, 0.05) is 47.6 Å². The summed E-state index contributed by atoms with van der Waals surface area (Å²) >= 11 is 0. The van der Waals surface area contributed by atoms with Gasteiger partial charge in [-0.05, 0) is 25.5 Å². The summed E-state index contributed by atoms with van der Waals surface area (Å²) in [6.07, 6.45) is -3.61. The molecule has 0 bridgehead atoms. The molecule has 1 heterocycles. The molecule has 2 aromatic rings. The van der Waals surface area contributed by atoms with Crippen molar-refractivity contribution < 1.29 is 39.2 Å². The fourth-order valence-electron chi connectivity index (χ4n) is 5.35. The number of Topliss-reactive ketones (excluding diaryl/α,β-unsaturated/α-hetero) is 1. The van der Waals surface area contributed by atoms with Gasteiger partial charge in [-0.1, -0.05) is 24.3 Å². The quantitative estimate of drug-likeness (QED) is 0.433. The van der Waals surface area contributed by atoms with Gasteiger partial charge in [-0.3, -0.25) is 14.4 Å².